The first kappa shape index (κ1) is 19.3. The molecule has 0 aliphatic carbocycles. The van der Waals surface area contributed by atoms with Crippen LogP contribution in [-0.2, 0) is 9.47 Å². The largest absolute Gasteiger partial charge is 0.492 e. The summed E-state index contributed by atoms with van der Waals surface area (Å²) in [7, 11) is 3.43. The van der Waals surface area contributed by atoms with Crippen LogP contribution in [0.1, 0.15) is 0 Å². The predicted octanol–water partition coefficient (Wildman–Crippen LogP) is 2.60. The van der Waals surface area contributed by atoms with Crippen LogP contribution in [0.5, 0.6) is 5.75 Å². The van der Waals surface area contributed by atoms with Gasteiger partial charge in [0.25, 0.3) is 0 Å². The molecule has 0 spiro atoms. The average molecular weight is 370 g/mol. The van der Waals surface area contributed by atoms with Gasteiger partial charge in [0, 0.05) is 51.0 Å². The van der Waals surface area contributed by atoms with E-state index in [-0.39, 0.29) is 0 Å². The SMILES string of the molecule is COCCN(CCOC)CCOc1ccccc1-c1ncnc2[nH]ccc12. The second-order valence-electron chi connectivity index (χ2n) is 6.13. The van der Waals surface area contributed by atoms with Crippen LogP contribution >= 0.6 is 0 Å². The monoisotopic (exact) mass is 370 g/mol. The summed E-state index contributed by atoms with van der Waals surface area (Å²) in [5.41, 5.74) is 2.65. The number of hydrogen-bond acceptors (Lipinski definition) is 6. The van der Waals surface area contributed by atoms with Gasteiger partial charge in [-0.2, -0.15) is 0 Å². The van der Waals surface area contributed by atoms with Crippen LogP contribution in [0.25, 0.3) is 22.3 Å². The number of nitrogens with zero attached hydrogens (tertiary/aromatic N) is 3. The molecule has 0 saturated heterocycles. The fraction of sp³-hybridized carbons (Fsp3) is 0.400. The van der Waals surface area contributed by atoms with E-state index >= 15 is 0 Å². The summed E-state index contributed by atoms with van der Waals surface area (Å²) >= 11 is 0. The van der Waals surface area contributed by atoms with Gasteiger partial charge in [-0.25, -0.2) is 9.97 Å². The number of nitrogens with one attached hydrogen (secondary N) is 1. The second kappa shape index (κ2) is 10.0. The maximum absolute atomic E-state index is 6.11. The van der Waals surface area contributed by atoms with Gasteiger partial charge in [-0.05, 0) is 18.2 Å². The van der Waals surface area contributed by atoms with Gasteiger partial charge >= 0.3 is 0 Å². The van der Waals surface area contributed by atoms with Gasteiger partial charge in [-0.3, -0.25) is 4.90 Å². The topological polar surface area (TPSA) is 72.5 Å². The van der Waals surface area contributed by atoms with Gasteiger partial charge in [0.05, 0.1) is 18.9 Å². The lowest BCUT2D eigenvalue weighted by molar-refractivity contribution is 0.104. The van der Waals surface area contributed by atoms with Crippen LogP contribution in [0.3, 0.4) is 0 Å². The highest BCUT2D eigenvalue weighted by Gasteiger charge is 2.12. The second-order valence-corrected chi connectivity index (χ2v) is 6.13. The highest BCUT2D eigenvalue weighted by atomic mass is 16.5. The Morgan fingerprint density at radius 2 is 1.67 bits per heavy atom. The van der Waals surface area contributed by atoms with E-state index in [9.17, 15) is 0 Å². The molecule has 1 N–H and O–H groups in total. The van der Waals surface area contributed by atoms with E-state index in [1.54, 1.807) is 20.5 Å². The molecule has 0 aliphatic rings. The molecule has 2 aromatic heterocycles. The molecular weight excluding hydrogens is 344 g/mol. The fourth-order valence-corrected chi connectivity index (χ4v) is 2.94. The molecule has 1 aromatic carbocycles. The molecule has 2 heterocycles. The van der Waals surface area contributed by atoms with Crippen LogP contribution in [0.15, 0.2) is 42.9 Å². The Balaban J connectivity index is 1.70. The maximum atomic E-state index is 6.11. The van der Waals surface area contributed by atoms with E-state index < -0.39 is 0 Å². The predicted molar refractivity (Wildman–Crippen MR) is 105 cm³/mol. The average Bonchev–Trinajstić information content (AvgIpc) is 3.19. The third-order valence-electron chi connectivity index (χ3n) is 4.38. The lowest BCUT2D eigenvalue weighted by atomic mass is 10.1. The van der Waals surface area contributed by atoms with Gasteiger partial charge < -0.3 is 19.2 Å². The molecule has 0 unspecified atom stereocenters. The van der Waals surface area contributed by atoms with Crippen molar-refractivity contribution in [2.45, 2.75) is 0 Å². The molecule has 144 valence electrons. The molecule has 7 heteroatoms. The Hall–Kier alpha value is -2.48. The van der Waals surface area contributed by atoms with Gasteiger partial charge in [-0.1, -0.05) is 12.1 Å². The Bertz CT molecular complexity index is 829. The number of methoxy groups -OCH3 is 2. The molecule has 0 atom stereocenters. The van der Waals surface area contributed by atoms with Crippen LogP contribution in [0.4, 0.5) is 0 Å². The van der Waals surface area contributed by atoms with Crippen LogP contribution < -0.4 is 4.74 Å². The minimum atomic E-state index is 0.575. The van der Waals surface area contributed by atoms with Crippen molar-refractivity contribution in [2.75, 3.05) is 53.7 Å². The standard InChI is InChI=1S/C20H26N4O3/c1-25-12-9-24(10-13-26-2)11-14-27-18-6-4-3-5-16(18)19-17-7-8-21-20(17)23-15-22-19/h3-8,15H,9-14H2,1-2H3,(H,21,22,23). The molecule has 27 heavy (non-hydrogen) atoms. The fourth-order valence-electron chi connectivity index (χ4n) is 2.94. The number of para-hydroxylation sites is 1. The number of benzene rings is 1. The zero-order valence-electron chi connectivity index (χ0n) is 15.9. The first-order valence-corrected chi connectivity index (χ1v) is 9.04. The maximum Gasteiger partial charge on any atom is 0.141 e. The van der Waals surface area contributed by atoms with E-state index in [1.807, 2.05) is 36.5 Å². The van der Waals surface area contributed by atoms with Crippen molar-refractivity contribution < 1.29 is 14.2 Å². The highest BCUT2D eigenvalue weighted by Crippen LogP contribution is 2.32. The van der Waals surface area contributed by atoms with Crippen molar-refractivity contribution in [1.82, 2.24) is 19.9 Å². The first-order valence-electron chi connectivity index (χ1n) is 9.04. The molecule has 3 aromatic rings. The molecule has 0 radical (unpaired) electrons. The molecule has 0 amide bonds. The minimum Gasteiger partial charge on any atom is -0.492 e. The smallest absolute Gasteiger partial charge is 0.141 e. The number of aromatic amines is 1. The van der Waals surface area contributed by atoms with E-state index in [0.717, 1.165) is 47.7 Å². The van der Waals surface area contributed by atoms with Gasteiger partial charge in [0.15, 0.2) is 0 Å². The molecule has 0 bridgehead atoms. The number of ether oxygens (including phenoxy) is 3. The lowest BCUT2D eigenvalue weighted by Gasteiger charge is -2.22. The Labute approximate surface area is 159 Å². The summed E-state index contributed by atoms with van der Waals surface area (Å²) in [5, 5.41) is 0.982. The number of H-pyrrole nitrogens is 1. The van der Waals surface area contributed by atoms with Gasteiger partial charge in [0.1, 0.15) is 24.3 Å². The Kier molecular flexibility index (Phi) is 7.15. The number of hydrogen-bond donors (Lipinski definition) is 1. The Morgan fingerprint density at radius 1 is 0.926 bits per heavy atom. The normalized spacial score (nSPS) is 11.4. The summed E-state index contributed by atoms with van der Waals surface area (Å²) < 4.78 is 16.5. The number of fused-ring (bicyclic) bond motifs is 1. The molecule has 0 saturated carbocycles. The van der Waals surface area contributed by atoms with Crippen LogP contribution in [0, 0.1) is 0 Å². The van der Waals surface area contributed by atoms with E-state index in [0.29, 0.717) is 19.8 Å². The number of aromatic nitrogens is 3. The molecule has 0 fully saturated rings. The van der Waals surface area contributed by atoms with Crippen molar-refractivity contribution in [3.8, 4) is 17.0 Å². The van der Waals surface area contributed by atoms with E-state index in [2.05, 4.69) is 19.9 Å². The Morgan fingerprint density at radius 3 is 2.44 bits per heavy atom. The van der Waals surface area contributed by atoms with Crippen LogP contribution in [-0.4, -0.2) is 73.5 Å². The van der Waals surface area contributed by atoms with Crippen molar-refractivity contribution in [3.05, 3.63) is 42.9 Å². The lowest BCUT2D eigenvalue weighted by Crippen LogP contribution is -2.34. The third-order valence-corrected chi connectivity index (χ3v) is 4.38. The molecular formula is C20H26N4O3. The molecule has 7 nitrogen and oxygen atoms in total. The summed E-state index contributed by atoms with van der Waals surface area (Å²) in [4.78, 5) is 14.1. The summed E-state index contributed by atoms with van der Waals surface area (Å²) in [6.45, 7) is 4.44. The van der Waals surface area contributed by atoms with Crippen molar-refractivity contribution in [3.63, 3.8) is 0 Å². The zero-order chi connectivity index (χ0) is 18.9. The van der Waals surface area contributed by atoms with Crippen molar-refractivity contribution in [2.24, 2.45) is 0 Å². The van der Waals surface area contributed by atoms with E-state index in [1.165, 1.54) is 0 Å². The minimum absolute atomic E-state index is 0.575. The van der Waals surface area contributed by atoms with Gasteiger partial charge in [0.2, 0.25) is 0 Å². The van der Waals surface area contributed by atoms with Crippen molar-refractivity contribution in [1.29, 1.82) is 0 Å². The van der Waals surface area contributed by atoms with Crippen molar-refractivity contribution >= 4 is 11.0 Å². The molecule has 3 rings (SSSR count). The quantitative estimate of drug-likeness (QED) is 0.559. The van der Waals surface area contributed by atoms with Crippen LogP contribution in [0.2, 0.25) is 0 Å². The first-order chi connectivity index (χ1) is 13.3. The molecule has 0 aliphatic heterocycles. The number of rotatable bonds is 11. The summed E-state index contributed by atoms with van der Waals surface area (Å²) in [6.07, 6.45) is 3.44. The summed E-state index contributed by atoms with van der Waals surface area (Å²) in [6, 6.07) is 9.95. The zero-order valence-corrected chi connectivity index (χ0v) is 15.9. The third kappa shape index (κ3) is 5.03. The summed E-state index contributed by atoms with van der Waals surface area (Å²) in [5.74, 6) is 0.817. The van der Waals surface area contributed by atoms with Gasteiger partial charge in [-0.15, -0.1) is 0 Å². The highest BCUT2D eigenvalue weighted by molar-refractivity contribution is 5.92. The van der Waals surface area contributed by atoms with E-state index in [4.69, 9.17) is 14.2 Å².